The Morgan fingerprint density at radius 1 is 1.55 bits per heavy atom. The van der Waals surface area contributed by atoms with Gasteiger partial charge in [0.2, 0.25) is 0 Å². The molecule has 58 valence electrons. The van der Waals surface area contributed by atoms with E-state index in [9.17, 15) is 0 Å². The molecule has 1 aliphatic heterocycles. The standard InChI is InChI=1S/C7H9N3S/c1-11-7-9-3-5-2-8-4-6(5)10-7/h3,8H,2,4H2,1H3. The van der Waals surface area contributed by atoms with Gasteiger partial charge in [0.1, 0.15) is 0 Å². The third kappa shape index (κ3) is 1.23. The molecule has 0 unspecified atom stereocenters. The number of fused-ring (bicyclic) bond motifs is 1. The molecule has 2 rings (SSSR count). The minimum Gasteiger partial charge on any atom is -0.307 e. The van der Waals surface area contributed by atoms with Crippen LogP contribution in [0.15, 0.2) is 11.4 Å². The van der Waals surface area contributed by atoms with Crippen molar-refractivity contribution in [3.8, 4) is 0 Å². The highest BCUT2D eigenvalue weighted by atomic mass is 32.2. The van der Waals surface area contributed by atoms with Gasteiger partial charge in [-0.1, -0.05) is 11.8 Å². The van der Waals surface area contributed by atoms with Crippen molar-refractivity contribution >= 4 is 11.8 Å². The highest BCUT2D eigenvalue weighted by Crippen LogP contribution is 2.15. The van der Waals surface area contributed by atoms with E-state index in [1.165, 1.54) is 5.56 Å². The van der Waals surface area contributed by atoms with Crippen LogP contribution in [0.2, 0.25) is 0 Å². The maximum atomic E-state index is 4.36. The van der Waals surface area contributed by atoms with E-state index >= 15 is 0 Å². The summed E-state index contributed by atoms with van der Waals surface area (Å²) < 4.78 is 0. The Bertz CT molecular complexity index is 274. The fraction of sp³-hybridized carbons (Fsp3) is 0.429. The molecule has 0 aliphatic carbocycles. The summed E-state index contributed by atoms with van der Waals surface area (Å²) in [6, 6.07) is 0. The van der Waals surface area contributed by atoms with Crippen LogP contribution < -0.4 is 5.32 Å². The van der Waals surface area contributed by atoms with Gasteiger partial charge >= 0.3 is 0 Å². The first-order valence-corrected chi connectivity index (χ1v) is 4.72. The van der Waals surface area contributed by atoms with Gasteiger partial charge < -0.3 is 5.32 Å². The summed E-state index contributed by atoms with van der Waals surface area (Å²) in [4.78, 5) is 8.54. The van der Waals surface area contributed by atoms with Gasteiger partial charge in [0.05, 0.1) is 5.69 Å². The van der Waals surface area contributed by atoms with Crippen molar-refractivity contribution in [3.05, 3.63) is 17.5 Å². The number of nitrogens with one attached hydrogen (secondary N) is 1. The normalized spacial score (nSPS) is 15.0. The lowest BCUT2D eigenvalue weighted by atomic mass is 10.3. The van der Waals surface area contributed by atoms with E-state index in [0.717, 1.165) is 23.9 Å². The first-order chi connectivity index (χ1) is 5.40. The fourth-order valence-electron chi connectivity index (χ4n) is 1.14. The van der Waals surface area contributed by atoms with Crippen LogP contribution in [0.25, 0.3) is 0 Å². The quantitative estimate of drug-likeness (QED) is 0.496. The second-order valence-electron chi connectivity index (χ2n) is 2.43. The average Bonchev–Trinajstić information content (AvgIpc) is 2.50. The molecule has 0 aromatic carbocycles. The van der Waals surface area contributed by atoms with Gasteiger partial charge in [0.25, 0.3) is 0 Å². The Kier molecular flexibility index (Phi) is 1.79. The Hall–Kier alpha value is -0.610. The second kappa shape index (κ2) is 2.79. The monoisotopic (exact) mass is 167 g/mol. The molecule has 11 heavy (non-hydrogen) atoms. The molecule has 1 aromatic heterocycles. The lowest BCUT2D eigenvalue weighted by Gasteiger charge is -1.97. The first kappa shape index (κ1) is 7.06. The predicted molar refractivity (Wildman–Crippen MR) is 44.4 cm³/mol. The van der Waals surface area contributed by atoms with Gasteiger partial charge in [-0.25, -0.2) is 9.97 Å². The fourth-order valence-corrected chi connectivity index (χ4v) is 1.50. The van der Waals surface area contributed by atoms with E-state index < -0.39 is 0 Å². The molecule has 1 aromatic rings. The summed E-state index contributed by atoms with van der Waals surface area (Å²) in [5.41, 5.74) is 2.40. The van der Waals surface area contributed by atoms with Gasteiger partial charge in [-0.05, 0) is 6.26 Å². The van der Waals surface area contributed by atoms with Gasteiger partial charge in [-0.15, -0.1) is 0 Å². The molecule has 0 saturated heterocycles. The molecular weight excluding hydrogens is 158 g/mol. The number of aromatic nitrogens is 2. The van der Waals surface area contributed by atoms with Crippen molar-refractivity contribution in [1.29, 1.82) is 0 Å². The van der Waals surface area contributed by atoms with Crippen molar-refractivity contribution in [2.45, 2.75) is 18.2 Å². The largest absolute Gasteiger partial charge is 0.307 e. The third-order valence-electron chi connectivity index (χ3n) is 1.72. The maximum absolute atomic E-state index is 4.36. The minimum absolute atomic E-state index is 0.868. The Labute approximate surface area is 69.6 Å². The molecule has 0 atom stereocenters. The van der Waals surface area contributed by atoms with Crippen molar-refractivity contribution in [2.75, 3.05) is 6.26 Å². The highest BCUT2D eigenvalue weighted by molar-refractivity contribution is 7.98. The van der Waals surface area contributed by atoms with Crippen molar-refractivity contribution < 1.29 is 0 Å². The van der Waals surface area contributed by atoms with E-state index in [2.05, 4.69) is 15.3 Å². The van der Waals surface area contributed by atoms with Crippen LogP contribution in [0.1, 0.15) is 11.3 Å². The van der Waals surface area contributed by atoms with E-state index in [1.54, 1.807) is 11.8 Å². The third-order valence-corrected chi connectivity index (χ3v) is 2.28. The van der Waals surface area contributed by atoms with Crippen molar-refractivity contribution in [2.24, 2.45) is 0 Å². The van der Waals surface area contributed by atoms with Crippen LogP contribution in [0.4, 0.5) is 0 Å². The molecule has 0 fully saturated rings. The Morgan fingerprint density at radius 2 is 2.45 bits per heavy atom. The maximum Gasteiger partial charge on any atom is 0.187 e. The van der Waals surface area contributed by atoms with Crippen LogP contribution >= 0.6 is 11.8 Å². The molecule has 0 saturated carbocycles. The van der Waals surface area contributed by atoms with Crippen LogP contribution in [-0.2, 0) is 13.1 Å². The van der Waals surface area contributed by atoms with E-state index in [0.29, 0.717) is 0 Å². The molecular formula is C7H9N3S. The Morgan fingerprint density at radius 3 is 3.27 bits per heavy atom. The molecule has 1 N–H and O–H groups in total. The summed E-state index contributed by atoms with van der Waals surface area (Å²) in [5.74, 6) is 0. The molecule has 0 radical (unpaired) electrons. The van der Waals surface area contributed by atoms with Crippen LogP contribution in [0.5, 0.6) is 0 Å². The van der Waals surface area contributed by atoms with Crippen LogP contribution in [0, 0.1) is 0 Å². The average molecular weight is 167 g/mol. The highest BCUT2D eigenvalue weighted by Gasteiger charge is 2.11. The lowest BCUT2D eigenvalue weighted by Crippen LogP contribution is -2.00. The van der Waals surface area contributed by atoms with E-state index in [4.69, 9.17) is 0 Å². The number of hydrogen-bond acceptors (Lipinski definition) is 4. The lowest BCUT2D eigenvalue weighted by molar-refractivity contribution is 0.754. The summed E-state index contributed by atoms with van der Waals surface area (Å²) in [7, 11) is 0. The zero-order valence-corrected chi connectivity index (χ0v) is 7.11. The predicted octanol–water partition coefficient (Wildman–Crippen LogP) is 0.802. The molecule has 4 heteroatoms. The zero-order chi connectivity index (χ0) is 7.68. The molecule has 1 aliphatic rings. The van der Waals surface area contributed by atoms with Gasteiger partial charge in [-0.3, -0.25) is 0 Å². The second-order valence-corrected chi connectivity index (χ2v) is 3.21. The van der Waals surface area contributed by atoms with Crippen LogP contribution in [-0.4, -0.2) is 16.2 Å². The molecule has 0 spiro atoms. The molecule has 3 nitrogen and oxygen atoms in total. The number of thioether (sulfide) groups is 1. The molecule has 0 amide bonds. The molecule has 2 heterocycles. The summed E-state index contributed by atoms with van der Waals surface area (Å²) in [6.07, 6.45) is 3.90. The Balaban J connectivity index is 2.41. The van der Waals surface area contributed by atoms with Crippen molar-refractivity contribution in [1.82, 2.24) is 15.3 Å². The zero-order valence-electron chi connectivity index (χ0n) is 6.29. The number of rotatable bonds is 1. The van der Waals surface area contributed by atoms with Crippen molar-refractivity contribution in [3.63, 3.8) is 0 Å². The SMILES string of the molecule is CSc1ncc2c(n1)CNC2. The van der Waals surface area contributed by atoms with Gasteiger partial charge in [-0.2, -0.15) is 0 Å². The van der Waals surface area contributed by atoms with E-state index in [1.807, 2.05) is 12.5 Å². The first-order valence-electron chi connectivity index (χ1n) is 3.49. The topological polar surface area (TPSA) is 37.8 Å². The summed E-state index contributed by atoms with van der Waals surface area (Å²) in [6.45, 7) is 1.81. The summed E-state index contributed by atoms with van der Waals surface area (Å²) in [5, 5.41) is 4.10. The van der Waals surface area contributed by atoms with Crippen LogP contribution in [0.3, 0.4) is 0 Å². The smallest absolute Gasteiger partial charge is 0.187 e. The number of nitrogens with zero attached hydrogens (tertiary/aromatic N) is 2. The van der Waals surface area contributed by atoms with Gasteiger partial charge in [0, 0.05) is 24.8 Å². The van der Waals surface area contributed by atoms with E-state index in [-0.39, 0.29) is 0 Å². The van der Waals surface area contributed by atoms with Gasteiger partial charge in [0.15, 0.2) is 5.16 Å². The minimum atomic E-state index is 0.868. The molecule has 0 bridgehead atoms. The summed E-state index contributed by atoms with van der Waals surface area (Å²) >= 11 is 1.58. The number of hydrogen-bond donors (Lipinski definition) is 1.